The van der Waals surface area contributed by atoms with E-state index in [1.165, 1.54) is 54.6 Å². The normalized spacial score (nSPS) is 11.3. The summed E-state index contributed by atoms with van der Waals surface area (Å²) in [5.41, 5.74) is 5.10. The molecule has 0 N–H and O–H groups in total. The first-order valence-electron chi connectivity index (χ1n) is 10.4. The van der Waals surface area contributed by atoms with Gasteiger partial charge in [0.15, 0.2) is 0 Å². The van der Waals surface area contributed by atoms with E-state index in [4.69, 9.17) is 0 Å². The van der Waals surface area contributed by atoms with E-state index in [1.54, 1.807) is 0 Å². The van der Waals surface area contributed by atoms with Crippen LogP contribution in [0, 0.1) is 0 Å². The van der Waals surface area contributed by atoms with Crippen molar-refractivity contribution in [3.8, 4) is 22.3 Å². The molecule has 140 valence electrons. The van der Waals surface area contributed by atoms with Gasteiger partial charge in [0.2, 0.25) is 0 Å². The number of rotatable bonds is 2. The average molecular weight is 380 g/mol. The molecule has 0 aromatic heterocycles. The molecular weight excluding hydrogens is 360 g/mol. The molecule has 0 unspecified atom stereocenters. The molecule has 0 radical (unpaired) electrons. The van der Waals surface area contributed by atoms with Crippen LogP contribution >= 0.6 is 0 Å². The molecule has 0 aliphatic carbocycles. The van der Waals surface area contributed by atoms with E-state index >= 15 is 0 Å². The Labute approximate surface area is 176 Å². The lowest BCUT2D eigenvalue weighted by atomic mass is 9.87. The van der Waals surface area contributed by atoms with Crippen LogP contribution in [-0.4, -0.2) is 0 Å². The van der Waals surface area contributed by atoms with Crippen LogP contribution in [0.15, 0.2) is 121 Å². The highest BCUT2D eigenvalue weighted by molar-refractivity contribution is 6.17. The molecule has 0 atom stereocenters. The largest absolute Gasteiger partial charge is 0.0622 e. The zero-order chi connectivity index (χ0) is 19.9. The summed E-state index contributed by atoms with van der Waals surface area (Å²) in [6.07, 6.45) is 0. The van der Waals surface area contributed by atoms with Crippen LogP contribution in [0.3, 0.4) is 0 Å². The molecule has 0 nitrogen and oxygen atoms in total. The summed E-state index contributed by atoms with van der Waals surface area (Å²) in [6, 6.07) is 43.9. The Hall–Kier alpha value is -3.90. The first kappa shape index (κ1) is 17.0. The molecule has 6 rings (SSSR count). The van der Waals surface area contributed by atoms with Crippen molar-refractivity contribution < 1.29 is 0 Å². The van der Waals surface area contributed by atoms with Gasteiger partial charge in [-0.2, -0.15) is 0 Å². The maximum atomic E-state index is 2.37. The highest BCUT2D eigenvalue weighted by Gasteiger charge is 2.14. The van der Waals surface area contributed by atoms with Crippen LogP contribution in [0.4, 0.5) is 0 Å². The van der Waals surface area contributed by atoms with Gasteiger partial charge in [-0.25, -0.2) is 0 Å². The van der Waals surface area contributed by atoms with Gasteiger partial charge >= 0.3 is 0 Å². The third-order valence-electron chi connectivity index (χ3n) is 6.01. The first-order chi connectivity index (χ1) is 14.9. The van der Waals surface area contributed by atoms with Crippen LogP contribution in [0.25, 0.3) is 54.6 Å². The molecule has 0 aliphatic heterocycles. The number of fused-ring (bicyclic) bond motifs is 3. The predicted molar refractivity (Wildman–Crippen MR) is 130 cm³/mol. The van der Waals surface area contributed by atoms with Crippen molar-refractivity contribution >= 4 is 32.3 Å². The number of benzene rings is 6. The lowest BCUT2D eigenvalue weighted by Crippen LogP contribution is -1.89. The van der Waals surface area contributed by atoms with Crippen LogP contribution in [0.2, 0.25) is 0 Å². The van der Waals surface area contributed by atoms with Gasteiger partial charge in [0.25, 0.3) is 0 Å². The second-order valence-electron chi connectivity index (χ2n) is 7.80. The summed E-state index contributed by atoms with van der Waals surface area (Å²) in [7, 11) is 0. The Morgan fingerprint density at radius 2 is 0.833 bits per heavy atom. The van der Waals surface area contributed by atoms with E-state index in [0.29, 0.717) is 0 Å². The lowest BCUT2D eigenvalue weighted by molar-refractivity contribution is 1.64. The van der Waals surface area contributed by atoms with Gasteiger partial charge in [0, 0.05) is 0 Å². The maximum absolute atomic E-state index is 2.37. The molecular formula is C30H20. The van der Waals surface area contributed by atoms with Crippen molar-refractivity contribution in [2.75, 3.05) is 0 Å². The van der Waals surface area contributed by atoms with Gasteiger partial charge in [-0.3, -0.25) is 0 Å². The highest BCUT2D eigenvalue weighted by atomic mass is 14.2. The Balaban J connectivity index is 1.80. The van der Waals surface area contributed by atoms with Crippen molar-refractivity contribution in [1.29, 1.82) is 0 Å². The summed E-state index contributed by atoms with van der Waals surface area (Å²) in [5, 5.41) is 7.71. The molecule has 6 aromatic rings. The molecule has 30 heavy (non-hydrogen) atoms. The maximum Gasteiger partial charge on any atom is -0.00204 e. The fourth-order valence-electron chi connectivity index (χ4n) is 4.62. The van der Waals surface area contributed by atoms with Crippen molar-refractivity contribution in [1.82, 2.24) is 0 Å². The van der Waals surface area contributed by atoms with Crippen molar-refractivity contribution in [2.24, 2.45) is 0 Å². The van der Waals surface area contributed by atoms with E-state index in [9.17, 15) is 0 Å². The van der Waals surface area contributed by atoms with Gasteiger partial charge in [0.1, 0.15) is 0 Å². The Bertz CT molecular complexity index is 1470. The molecule has 0 heteroatoms. The van der Waals surface area contributed by atoms with E-state index in [-0.39, 0.29) is 0 Å². The van der Waals surface area contributed by atoms with Crippen LogP contribution < -0.4 is 0 Å². The van der Waals surface area contributed by atoms with Gasteiger partial charge in [-0.1, -0.05) is 103 Å². The van der Waals surface area contributed by atoms with E-state index in [1.807, 2.05) is 0 Å². The van der Waals surface area contributed by atoms with Crippen LogP contribution in [-0.2, 0) is 0 Å². The second-order valence-corrected chi connectivity index (χ2v) is 7.80. The van der Waals surface area contributed by atoms with Gasteiger partial charge in [-0.15, -0.1) is 0 Å². The summed E-state index contributed by atoms with van der Waals surface area (Å²) < 4.78 is 0. The lowest BCUT2D eigenvalue weighted by Gasteiger charge is -2.16. The van der Waals surface area contributed by atoms with Crippen molar-refractivity contribution in [2.45, 2.75) is 0 Å². The summed E-state index contributed by atoms with van der Waals surface area (Å²) in [4.78, 5) is 0. The Morgan fingerprint density at radius 1 is 0.333 bits per heavy atom. The van der Waals surface area contributed by atoms with Gasteiger partial charge in [0.05, 0.1) is 0 Å². The van der Waals surface area contributed by atoms with Gasteiger partial charge < -0.3 is 0 Å². The second kappa shape index (κ2) is 6.86. The quantitative estimate of drug-likeness (QED) is 0.264. The Morgan fingerprint density at radius 3 is 1.47 bits per heavy atom. The SMILES string of the molecule is c1ccc(-c2cc(-c3c4ccccc4cc4ccccc34)c3ccccc3c2)cc1. The van der Waals surface area contributed by atoms with Gasteiger partial charge in [-0.05, 0) is 72.8 Å². The Kier molecular flexibility index (Phi) is 3.89. The number of hydrogen-bond acceptors (Lipinski definition) is 0. The molecule has 6 aromatic carbocycles. The number of hydrogen-bond donors (Lipinski definition) is 0. The zero-order valence-corrected chi connectivity index (χ0v) is 16.5. The van der Waals surface area contributed by atoms with Crippen molar-refractivity contribution in [3.63, 3.8) is 0 Å². The van der Waals surface area contributed by atoms with E-state index in [2.05, 4.69) is 121 Å². The molecule has 0 saturated heterocycles. The smallest absolute Gasteiger partial charge is 0.00204 e. The molecule has 0 fully saturated rings. The van der Waals surface area contributed by atoms with Crippen molar-refractivity contribution in [3.05, 3.63) is 121 Å². The minimum Gasteiger partial charge on any atom is -0.0622 e. The molecule has 0 aliphatic rings. The topological polar surface area (TPSA) is 0 Å². The summed E-state index contributed by atoms with van der Waals surface area (Å²) >= 11 is 0. The van der Waals surface area contributed by atoms with E-state index < -0.39 is 0 Å². The summed E-state index contributed by atoms with van der Waals surface area (Å²) in [6.45, 7) is 0. The van der Waals surface area contributed by atoms with Crippen LogP contribution in [0.5, 0.6) is 0 Å². The first-order valence-corrected chi connectivity index (χ1v) is 10.4. The molecule has 0 heterocycles. The summed E-state index contributed by atoms with van der Waals surface area (Å²) in [5.74, 6) is 0. The van der Waals surface area contributed by atoms with Crippen LogP contribution in [0.1, 0.15) is 0 Å². The molecule has 0 bridgehead atoms. The third-order valence-corrected chi connectivity index (χ3v) is 6.01. The molecule has 0 saturated carbocycles. The highest BCUT2D eigenvalue weighted by Crippen LogP contribution is 2.41. The fourth-order valence-corrected chi connectivity index (χ4v) is 4.62. The fraction of sp³-hybridized carbons (Fsp3) is 0. The average Bonchev–Trinajstić information content (AvgIpc) is 2.82. The molecule has 0 spiro atoms. The molecule has 0 amide bonds. The monoisotopic (exact) mass is 380 g/mol. The minimum absolute atomic E-state index is 1.24. The van der Waals surface area contributed by atoms with E-state index in [0.717, 1.165) is 0 Å². The predicted octanol–water partition coefficient (Wildman–Crippen LogP) is 8.48. The standard InChI is InChI=1S/C30H20/c1-2-10-21(11-3-1)25-19-22-12-4-7-15-26(22)29(20-25)30-27-16-8-5-13-23(27)18-24-14-6-9-17-28(24)30/h1-20H. The third kappa shape index (κ3) is 2.69. The zero-order valence-electron chi connectivity index (χ0n) is 16.5. The minimum atomic E-state index is 1.24.